The fraction of sp³-hybridized carbons (Fsp3) is 0.625. The number of hydrogen-bond donors (Lipinski definition) is 1. The van der Waals surface area contributed by atoms with Crippen molar-refractivity contribution in [2.45, 2.75) is 100 Å². The van der Waals surface area contributed by atoms with Crippen LogP contribution >= 0.6 is 0 Å². The van der Waals surface area contributed by atoms with Crippen molar-refractivity contribution in [1.29, 1.82) is 0 Å². The summed E-state index contributed by atoms with van der Waals surface area (Å²) in [5, 5.41) is 7.57. The molecule has 0 spiro atoms. The minimum atomic E-state index is 0.250. The zero-order chi connectivity index (χ0) is 28.3. The van der Waals surface area contributed by atoms with Gasteiger partial charge in [0.05, 0.1) is 6.61 Å². The second-order valence-electron chi connectivity index (χ2n) is 8.75. The molecule has 5 heteroatoms. The molecule has 5 nitrogen and oxygen atoms in total. The number of carbonyl (C=O) groups excluding carboxylic acids is 1. The van der Waals surface area contributed by atoms with Gasteiger partial charge >= 0.3 is 0 Å². The molecule has 2 aliphatic rings. The van der Waals surface area contributed by atoms with Crippen LogP contribution in [0.3, 0.4) is 0 Å². The van der Waals surface area contributed by atoms with E-state index < -0.39 is 0 Å². The lowest BCUT2D eigenvalue weighted by Gasteiger charge is -2.28. The van der Waals surface area contributed by atoms with Crippen LogP contribution < -0.4 is 0 Å². The zero-order valence-corrected chi connectivity index (χ0v) is 25.0. The third-order valence-electron chi connectivity index (χ3n) is 5.65. The topological polar surface area (TPSA) is 62.1 Å². The van der Waals surface area contributed by atoms with Crippen LogP contribution in [-0.2, 0) is 16.1 Å². The van der Waals surface area contributed by atoms with Gasteiger partial charge in [-0.05, 0) is 88.8 Å². The number of likely N-dealkylation sites (tertiary alicyclic amines) is 1. The molecular formula is C32H56N2O3. The van der Waals surface area contributed by atoms with Crippen molar-refractivity contribution < 1.29 is 14.6 Å². The summed E-state index contributed by atoms with van der Waals surface area (Å²) in [5.41, 5.74) is 3.90. The summed E-state index contributed by atoms with van der Waals surface area (Å²) in [7, 11) is 0. The highest BCUT2D eigenvalue weighted by Gasteiger charge is 2.20. The molecule has 1 N–H and O–H groups in total. The van der Waals surface area contributed by atoms with Crippen molar-refractivity contribution in [2.24, 2.45) is 10.9 Å². The van der Waals surface area contributed by atoms with Crippen LogP contribution in [0.2, 0.25) is 0 Å². The Labute approximate surface area is 228 Å². The van der Waals surface area contributed by atoms with E-state index in [-0.39, 0.29) is 6.61 Å². The summed E-state index contributed by atoms with van der Waals surface area (Å²) >= 11 is 0. The molecule has 3 rings (SSSR count). The molecular weight excluding hydrogens is 460 g/mol. The number of carbonyl (C=O) groups is 1. The van der Waals surface area contributed by atoms with E-state index in [1.54, 1.807) is 6.92 Å². The average Bonchev–Trinajstić information content (AvgIpc) is 3.78. The molecule has 0 unspecified atom stereocenters. The lowest BCUT2D eigenvalue weighted by atomic mass is 10.1. The van der Waals surface area contributed by atoms with Gasteiger partial charge in [0.2, 0.25) is 0 Å². The molecule has 1 saturated heterocycles. The first kappa shape index (κ1) is 36.9. The third kappa shape index (κ3) is 20.5. The van der Waals surface area contributed by atoms with Crippen LogP contribution in [0, 0.1) is 12.8 Å². The molecule has 0 atom stereocenters. The largest absolute Gasteiger partial charge is 0.397 e. The monoisotopic (exact) mass is 516 g/mol. The van der Waals surface area contributed by atoms with E-state index in [1.807, 2.05) is 26.9 Å². The van der Waals surface area contributed by atoms with Gasteiger partial charge in [-0.1, -0.05) is 63.6 Å². The summed E-state index contributed by atoms with van der Waals surface area (Å²) in [6.45, 7) is 20.5. The summed E-state index contributed by atoms with van der Waals surface area (Å²) < 4.78 is 5.58. The molecule has 0 radical (unpaired) electrons. The van der Waals surface area contributed by atoms with E-state index in [4.69, 9.17) is 14.6 Å². The minimum Gasteiger partial charge on any atom is -0.397 e. The molecule has 1 aromatic rings. The van der Waals surface area contributed by atoms with Crippen LogP contribution in [-0.4, -0.2) is 49.3 Å². The van der Waals surface area contributed by atoms with Gasteiger partial charge in [-0.2, -0.15) is 0 Å². The molecule has 2 fully saturated rings. The van der Waals surface area contributed by atoms with Gasteiger partial charge in [-0.15, -0.1) is 0 Å². The highest BCUT2D eigenvalue weighted by molar-refractivity contribution is 5.79. The molecule has 1 saturated carbocycles. The number of aliphatic imine (C=N–C) groups is 1. The number of piperidine rings is 1. The van der Waals surface area contributed by atoms with Gasteiger partial charge in [0.15, 0.2) is 0 Å². The van der Waals surface area contributed by atoms with Crippen molar-refractivity contribution in [3.63, 3.8) is 0 Å². The summed E-state index contributed by atoms with van der Waals surface area (Å²) in [6, 6.07) is 8.55. The fourth-order valence-corrected chi connectivity index (χ4v) is 3.40. The lowest BCUT2D eigenvalue weighted by molar-refractivity contribution is -0.0980. The standard InChI is InChI=1S/C15H26N2.C12H16O.C2H6O.C2H6.CH2O/c1-4-10-15(16-13-14(5-2)6-3)17-11-8-7-9-12-17;1-10-2-4-11(5-3-10)8-13-9-12-6-7-12;1-2-3;2*1-2/h5,10,13H,4,6-9,11-12H2,1-3H3;2-5,12H,6-9H2,1H3;3H,2H2,1H3;1-2H3;1H2/b14-5-,15-10-,16-13-;;;;. The normalized spacial score (nSPS) is 15.2. The zero-order valence-electron chi connectivity index (χ0n) is 25.0. The van der Waals surface area contributed by atoms with Crippen molar-refractivity contribution in [3.8, 4) is 0 Å². The SMILES string of the molecule is C=O.CC.CCO.C\C=C(/C=N\C(=C\CC)N1CCCCC1)CC.Cc1ccc(COCC2CC2)cc1. The Morgan fingerprint density at radius 3 is 2.11 bits per heavy atom. The van der Waals surface area contributed by atoms with Gasteiger partial charge in [-0.3, -0.25) is 0 Å². The predicted molar refractivity (Wildman–Crippen MR) is 161 cm³/mol. The molecule has 0 aromatic heterocycles. The number of aliphatic hydroxyl groups excluding tert-OH is 1. The van der Waals surface area contributed by atoms with Gasteiger partial charge < -0.3 is 19.5 Å². The summed E-state index contributed by atoms with van der Waals surface area (Å²) in [4.78, 5) is 15.1. The van der Waals surface area contributed by atoms with E-state index >= 15 is 0 Å². The molecule has 0 amide bonds. The second-order valence-corrected chi connectivity index (χ2v) is 8.75. The first-order valence-corrected chi connectivity index (χ1v) is 14.2. The molecule has 1 aliphatic heterocycles. The number of ether oxygens (including phenoxy) is 1. The Balaban J connectivity index is 0. The average molecular weight is 517 g/mol. The van der Waals surface area contributed by atoms with E-state index in [2.05, 4.69) is 74.0 Å². The van der Waals surface area contributed by atoms with Gasteiger partial charge in [0.25, 0.3) is 0 Å². The smallest absolute Gasteiger partial charge is 0.124 e. The number of aryl methyl sites for hydroxylation is 1. The van der Waals surface area contributed by atoms with Crippen LogP contribution in [0.4, 0.5) is 0 Å². The highest BCUT2D eigenvalue weighted by atomic mass is 16.5. The van der Waals surface area contributed by atoms with Crippen LogP contribution in [0.1, 0.15) is 97.6 Å². The van der Waals surface area contributed by atoms with E-state index in [0.717, 1.165) is 32.0 Å². The maximum absolute atomic E-state index is 8.00. The Bertz CT molecular complexity index is 716. The van der Waals surface area contributed by atoms with Gasteiger partial charge in [-0.25, -0.2) is 4.99 Å². The maximum Gasteiger partial charge on any atom is 0.124 e. The second kappa shape index (κ2) is 26.8. The Morgan fingerprint density at radius 2 is 1.65 bits per heavy atom. The van der Waals surface area contributed by atoms with Gasteiger partial charge in [0, 0.05) is 32.5 Å². The number of aliphatic hydroxyl groups is 1. The molecule has 37 heavy (non-hydrogen) atoms. The predicted octanol–water partition coefficient (Wildman–Crippen LogP) is 7.91. The third-order valence-corrected chi connectivity index (χ3v) is 5.65. The van der Waals surface area contributed by atoms with Crippen molar-refractivity contribution in [1.82, 2.24) is 4.90 Å². The fourth-order valence-electron chi connectivity index (χ4n) is 3.40. The van der Waals surface area contributed by atoms with Crippen LogP contribution in [0.5, 0.6) is 0 Å². The number of benzene rings is 1. The Hall–Kier alpha value is -2.24. The maximum atomic E-state index is 8.00. The number of nitrogens with zero attached hydrogens (tertiary/aromatic N) is 2. The molecule has 0 bridgehead atoms. The first-order chi connectivity index (χ1) is 18.1. The number of allylic oxidation sites excluding steroid dienone is 3. The molecule has 1 aliphatic carbocycles. The van der Waals surface area contributed by atoms with Gasteiger partial charge in [0.1, 0.15) is 12.6 Å². The van der Waals surface area contributed by atoms with Crippen molar-refractivity contribution in [3.05, 3.63) is 58.9 Å². The van der Waals surface area contributed by atoms with E-state index in [1.165, 1.54) is 67.7 Å². The molecule has 1 heterocycles. The van der Waals surface area contributed by atoms with Crippen molar-refractivity contribution in [2.75, 3.05) is 26.3 Å². The van der Waals surface area contributed by atoms with Crippen molar-refractivity contribution >= 4 is 13.0 Å². The lowest BCUT2D eigenvalue weighted by Crippen LogP contribution is -2.28. The quantitative estimate of drug-likeness (QED) is 0.339. The summed E-state index contributed by atoms with van der Waals surface area (Å²) in [6.07, 6.45) is 15.2. The minimum absolute atomic E-state index is 0.250. The highest BCUT2D eigenvalue weighted by Crippen LogP contribution is 2.29. The van der Waals surface area contributed by atoms with E-state index in [9.17, 15) is 0 Å². The first-order valence-electron chi connectivity index (χ1n) is 14.2. The number of hydrogen-bond acceptors (Lipinski definition) is 5. The Kier molecular flexibility index (Phi) is 26.8. The summed E-state index contributed by atoms with van der Waals surface area (Å²) in [5.74, 6) is 2.03. The Morgan fingerprint density at radius 1 is 1.08 bits per heavy atom. The molecule has 212 valence electrons. The van der Waals surface area contributed by atoms with Crippen LogP contribution in [0.15, 0.2) is 52.8 Å². The van der Waals surface area contributed by atoms with Crippen LogP contribution in [0.25, 0.3) is 0 Å². The number of rotatable bonds is 9. The molecule has 1 aromatic carbocycles. The van der Waals surface area contributed by atoms with E-state index in [0.29, 0.717) is 0 Å².